The van der Waals surface area contributed by atoms with Crippen molar-refractivity contribution in [2.45, 2.75) is 57.8 Å². The second-order valence-corrected chi connectivity index (χ2v) is 10.4. The van der Waals surface area contributed by atoms with Crippen LogP contribution in [0.3, 0.4) is 0 Å². The monoisotopic (exact) mass is 557 g/mol. The average Bonchev–Trinajstić information content (AvgIpc) is 3.28. The number of amides is 1. The van der Waals surface area contributed by atoms with Gasteiger partial charge in [-0.1, -0.05) is 60.7 Å². The maximum atomic E-state index is 14.0. The molecule has 3 aromatic carbocycles. The highest BCUT2D eigenvalue weighted by molar-refractivity contribution is 6.11. The zero-order valence-corrected chi connectivity index (χ0v) is 23.1. The number of aliphatic carboxylic acids is 1. The first-order chi connectivity index (χ1) is 19.7. The van der Waals surface area contributed by atoms with Crippen molar-refractivity contribution in [1.29, 1.82) is 0 Å². The van der Waals surface area contributed by atoms with Gasteiger partial charge in [-0.15, -0.1) is 0 Å². The molecule has 1 amide bonds. The Kier molecular flexibility index (Phi) is 9.70. The van der Waals surface area contributed by atoms with Crippen molar-refractivity contribution in [3.63, 3.8) is 0 Å². The number of carboxylic acid groups (broad SMARTS) is 1. The van der Waals surface area contributed by atoms with Crippen LogP contribution in [0.15, 0.2) is 84.9 Å². The van der Waals surface area contributed by atoms with Gasteiger partial charge >= 0.3 is 0 Å². The molecule has 4 rings (SSSR count). The van der Waals surface area contributed by atoms with E-state index in [-0.39, 0.29) is 30.6 Å². The Morgan fingerprint density at radius 2 is 1.44 bits per heavy atom. The van der Waals surface area contributed by atoms with Crippen molar-refractivity contribution in [2.75, 3.05) is 5.32 Å². The van der Waals surface area contributed by atoms with E-state index in [0.29, 0.717) is 28.9 Å². The highest BCUT2D eigenvalue weighted by Crippen LogP contribution is 2.42. The Hall–Kier alpha value is -4.27. The Labute approximate surface area is 238 Å². The van der Waals surface area contributed by atoms with Crippen LogP contribution >= 0.6 is 0 Å². The quantitative estimate of drug-likeness (QED) is 0.227. The topological polar surface area (TPSA) is 115 Å². The molecule has 0 aliphatic rings. The number of rotatable bonds is 12. The van der Waals surface area contributed by atoms with Gasteiger partial charge in [0.2, 0.25) is 0 Å². The van der Waals surface area contributed by atoms with E-state index in [9.17, 15) is 29.3 Å². The molecule has 2 atom stereocenters. The van der Waals surface area contributed by atoms with Crippen LogP contribution in [0.4, 0.5) is 10.1 Å². The van der Waals surface area contributed by atoms with Crippen LogP contribution in [0.2, 0.25) is 0 Å². The maximum absolute atomic E-state index is 14.0. The molecule has 0 spiro atoms. The van der Waals surface area contributed by atoms with E-state index in [1.54, 1.807) is 24.3 Å². The lowest BCUT2D eigenvalue weighted by molar-refractivity contribution is -0.307. The van der Waals surface area contributed by atoms with Gasteiger partial charge in [0.25, 0.3) is 5.91 Å². The summed E-state index contributed by atoms with van der Waals surface area (Å²) in [7, 11) is 0. The number of carbonyl (C=O) groups excluding carboxylic acids is 2. The summed E-state index contributed by atoms with van der Waals surface area (Å²) in [5.74, 6) is -2.10. The first-order valence-electron chi connectivity index (χ1n) is 13.7. The van der Waals surface area contributed by atoms with Crippen LogP contribution < -0.4 is 10.4 Å². The molecule has 41 heavy (non-hydrogen) atoms. The zero-order valence-electron chi connectivity index (χ0n) is 23.1. The second kappa shape index (κ2) is 13.4. The minimum Gasteiger partial charge on any atom is -0.550 e. The highest BCUT2D eigenvalue weighted by atomic mass is 19.1. The van der Waals surface area contributed by atoms with E-state index in [0.717, 1.165) is 16.8 Å². The van der Waals surface area contributed by atoms with Crippen molar-refractivity contribution in [2.24, 2.45) is 0 Å². The number of halogens is 1. The molecule has 3 N–H and O–H groups in total. The number of aliphatic hydroxyl groups is 2. The summed E-state index contributed by atoms with van der Waals surface area (Å²) in [6, 6.07) is 24.6. The third-order valence-corrected chi connectivity index (χ3v) is 6.93. The van der Waals surface area contributed by atoms with E-state index in [4.69, 9.17) is 0 Å². The van der Waals surface area contributed by atoms with E-state index in [1.807, 2.05) is 66.9 Å². The maximum Gasteiger partial charge on any atom is 0.272 e. The summed E-state index contributed by atoms with van der Waals surface area (Å²) in [6.45, 7) is 3.93. The molecule has 0 saturated carbocycles. The lowest BCUT2D eigenvalue weighted by atomic mass is 9.92. The van der Waals surface area contributed by atoms with E-state index < -0.39 is 24.6 Å². The number of para-hydroxylation sites is 1. The Morgan fingerprint density at radius 3 is 2.02 bits per heavy atom. The molecule has 214 valence electrons. The standard InChI is InChI=1S/C33H35FN2O5/c1-21(2)36-28(18-17-26(37)19-27(38)20-29(39)40)30(23-13-15-24(34)16-14-23)31(22-9-5-3-6-10-22)32(36)33(41)35-25-11-7-4-8-12-25/h3-16,21,26-27,37-38H,17-20H2,1-2H3,(H,35,41)(H,39,40)/p-1/t26-,27-/m1/s1. The summed E-state index contributed by atoms with van der Waals surface area (Å²) in [5, 5.41) is 34.6. The van der Waals surface area contributed by atoms with Crippen LogP contribution in [0.1, 0.15) is 55.3 Å². The number of aliphatic hydroxyl groups excluding tert-OH is 2. The number of nitrogens with one attached hydrogen (secondary N) is 1. The molecule has 1 aromatic heterocycles. The third kappa shape index (κ3) is 7.28. The van der Waals surface area contributed by atoms with Gasteiger partial charge in [0.1, 0.15) is 11.5 Å². The van der Waals surface area contributed by atoms with Gasteiger partial charge < -0.3 is 30.0 Å². The van der Waals surface area contributed by atoms with Gasteiger partial charge in [0, 0.05) is 40.9 Å². The third-order valence-electron chi connectivity index (χ3n) is 6.93. The van der Waals surface area contributed by atoms with Crippen LogP contribution in [-0.4, -0.2) is 38.9 Å². The first-order valence-corrected chi connectivity index (χ1v) is 13.7. The van der Waals surface area contributed by atoms with E-state index in [1.165, 1.54) is 12.1 Å². The number of hydrogen-bond donors (Lipinski definition) is 3. The number of aromatic nitrogens is 1. The molecule has 7 nitrogen and oxygen atoms in total. The molecule has 0 radical (unpaired) electrons. The van der Waals surface area contributed by atoms with Crippen molar-refractivity contribution >= 4 is 17.6 Å². The van der Waals surface area contributed by atoms with Crippen LogP contribution in [0, 0.1) is 5.82 Å². The van der Waals surface area contributed by atoms with Crippen LogP contribution in [-0.2, 0) is 11.2 Å². The molecular weight excluding hydrogens is 523 g/mol. The molecule has 0 bridgehead atoms. The van der Waals surface area contributed by atoms with Gasteiger partial charge in [0.05, 0.1) is 12.2 Å². The van der Waals surface area contributed by atoms with Crippen LogP contribution in [0.5, 0.6) is 0 Å². The molecular formula is C33H34FN2O5-. The van der Waals surface area contributed by atoms with Gasteiger partial charge in [-0.2, -0.15) is 0 Å². The molecule has 0 aliphatic heterocycles. The summed E-state index contributed by atoms with van der Waals surface area (Å²) < 4.78 is 16.0. The Morgan fingerprint density at radius 1 is 0.854 bits per heavy atom. The lowest BCUT2D eigenvalue weighted by Crippen LogP contribution is -2.29. The number of hydrogen-bond acceptors (Lipinski definition) is 5. The number of carboxylic acids is 1. The smallest absolute Gasteiger partial charge is 0.272 e. The molecule has 0 unspecified atom stereocenters. The summed E-state index contributed by atoms with van der Waals surface area (Å²) in [4.78, 5) is 24.9. The molecule has 0 aliphatic carbocycles. The largest absolute Gasteiger partial charge is 0.550 e. The van der Waals surface area contributed by atoms with Crippen molar-refractivity contribution in [3.05, 3.63) is 102 Å². The Balaban J connectivity index is 1.89. The van der Waals surface area contributed by atoms with Crippen molar-refractivity contribution < 1.29 is 29.3 Å². The number of carbonyl (C=O) groups is 2. The van der Waals surface area contributed by atoms with Crippen LogP contribution in [0.25, 0.3) is 22.3 Å². The predicted octanol–water partition coefficient (Wildman–Crippen LogP) is 4.98. The fourth-order valence-corrected chi connectivity index (χ4v) is 5.21. The van der Waals surface area contributed by atoms with Crippen molar-refractivity contribution in [1.82, 2.24) is 4.57 Å². The SMILES string of the molecule is CC(C)n1c(CC[C@@H](O)C[C@@H](O)CC(=O)[O-])c(-c2ccc(F)cc2)c(-c2ccccc2)c1C(=O)Nc1ccccc1. The fourth-order valence-electron chi connectivity index (χ4n) is 5.21. The lowest BCUT2D eigenvalue weighted by Gasteiger charge is -2.20. The summed E-state index contributed by atoms with van der Waals surface area (Å²) in [6.07, 6.45) is -2.43. The second-order valence-electron chi connectivity index (χ2n) is 10.4. The molecule has 1 heterocycles. The van der Waals surface area contributed by atoms with Gasteiger partial charge in [0.15, 0.2) is 0 Å². The highest BCUT2D eigenvalue weighted by Gasteiger charge is 2.30. The first kappa shape index (κ1) is 29.7. The Bertz CT molecular complexity index is 1470. The van der Waals surface area contributed by atoms with Gasteiger partial charge in [-0.25, -0.2) is 4.39 Å². The average molecular weight is 558 g/mol. The fraction of sp³-hybridized carbons (Fsp3) is 0.273. The molecule has 4 aromatic rings. The molecule has 8 heteroatoms. The van der Waals surface area contributed by atoms with Gasteiger partial charge in [-0.05, 0) is 68.5 Å². The van der Waals surface area contributed by atoms with Gasteiger partial charge in [-0.3, -0.25) is 4.79 Å². The molecule has 0 saturated heterocycles. The summed E-state index contributed by atoms with van der Waals surface area (Å²) >= 11 is 0. The zero-order chi connectivity index (χ0) is 29.5. The minimum absolute atomic E-state index is 0.130. The predicted molar refractivity (Wildman–Crippen MR) is 155 cm³/mol. The normalized spacial score (nSPS) is 12.7. The summed E-state index contributed by atoms with van der Waals surface area (Å²) in [5.41, 5.74) is 4.75. The van der Waals surface area contributed by atoms with E-state index in [2.05, 4.69) is 5.32 Å². The molecule has 0 fully saturated rings. The van der Waals surface area contributed by atoms with E-state index >= 15 is 0 Å². The van der Waals surface area contributed by atoms with Crippen molar-refractivity contribution in [3.8, 4) is 22.3 Å². The number of benzene rings is 3. The number of nitrogens with zero attached hydrogens (tertiary/aromatic N) is 1. The number of anilines is 1. The minimum atomic E-state index is -1.39.